The van der Waals surface area contributed by atoms with Gasteiger partial charge in [0, 0.05) is 25.5 Å². The van der Waals surface area contributed by atoms with E-state index in [0.717, 1.165) is 37.9 Å². The summed E-state index contributed by atoms with van der Waals surface area (Å²) in [5, 5.41) is 22.9. The van der Waals surface area contributed by atoms with Gasteiger partial charge in [0.05, 0.1) is 5.69 Å². The van der Waals surface area contributed by atoms with Crippen molar-refractivity contribution in [3.63, 3.8) is 0 Å². The van der Waals surface area contributed by atoms with Gasteiger partial charge in [-0.2, -0.15) is 5.26 Å². The highest BCUT2D eigenvalue weighted by Gasteiger charge is 1.98. The number of pyridine rings is 1. The maximum absolute atomic E-state index is 8.67. The minimum Gasteiger partial charge on any atom is -0.396 e. The van der Waals surface area contributed by atoms with Crippen LogP contribution in [0.15, 0.2) is 29.5 Å². The molecule has 1 heterocycles. The maximum atomic E-state index is 8.67. The van der Waals surface area contributed by atoms with Gasteiger partial charge in [0.2, 0.25) is 5.96 Å². The number of aliphatic hydroxyl groups is 1. The van der Waals surface area contributed by atoms with Gasteiger partial charge in [0.1, 0.15) is 0 Å². The molecule has 0 radical (unpaired) electrons. The molecule has 6 heteroatoms. The number of aliphatic hydroxyl groups excluding tert-OH is 1. The summed E-state index contributed by atoms with van der Waals surface area (Å²) in [4.78, 5) is 8.18. The predicted octanol–water partition coefficient (Wildman–Crippen LogP) is 1.28. The van der Waals surface area contributed by atoms with E-state index >= 15 is 0 Å². The van der Waals surface area contributed by atoms with Gasteiger partial charge in [0.15, 0.2) is 6.19 Å². The van der Waals surface area contributed by atoms with E-state index in [9.17, 15) is 0 Å². The van der Waals surface area contributed by atoms with E-state index in [2.05, 4.69) is 20.6 Å². The monoisotopic (exact) mass is 261 g/mol. The number of guanidine groups is 1. The summed E-state index contributed by atoms with van der Waals surface area (Å²) in [6.45, 7) is 0.988. The Hall–Kier alpha value is -2.13. The molecule has 0 aromatic carbocycles. The summed E-state index contributed by atoms with van der Waals surface area (Å²) in [7, 11) is 0. The van der Waals surface area contributed by atoms with Crippen molar-refractivity contribution in [2.45, 2.75) is 25.7 Å². The molecule has 0 aliphatic rings. The zero-order valence-corrected chi connectivity index (χ0v) is 10.8. The van der Waals surface area contributed by atoms with Crippen molar-refractivity contribution in [1.29, 1.82) is 5.26 Å². The molecule has 19 heavy (non-hydrogen) atoms. The molecule has 1 aromatic heterocycles. The average Bonchev–Trinajstić information content (AvgIpc) is 2.44. The summed E-state index contributed by atoms with van der Waals surface area (Å²) in [6, 6.07) is 3.53. The number of nitrogens with one attached hydrogen (secondary N) is 2. The normalized spacial score (nSPS) is 10.8. The molecule has 0 aliphatic heterocycles. The van der Waals surface area contributed by atoms with Gasteiger partial charge in [0.25, 0.3) is 0 Å². The molecule has 0 saturated carbocycles. The number of aromatic nitrogens is 1. The first-order valence-electron chi connectivity index (χ1n) is 6.35. The van der Waals surface area contributed by atoms with E-state index in [1.807, 2.05) is 6.19 Å². The third-order valence-corrected chi connectivity index (χ3v) is 2.46. The second kappa shape index (κ2) is 9.85. The third kappa shape index (κ3) is 7.01. The molecule has 0 unspecified atom stereocenters. The summed E-state index contributed by atoms with van der Waals surface area (Å²) < 4.78 is 0. The van der Waals surface area contributed by atoms with Crippen LogP contribution in [0, 0.1) is 11.5 Å². The van der Waals surface area contributed by atoms with Crippen LogP contribution in [0.2, 0.25) is 0 Å². The van der Waals surface area contributed by atoms with E-state index in [1.165, 1.54) is 0 Å². The first kappa shape index (κ1) is 14.9. The standard InChI is InChI=1S/C13H19N5O/c14-11-17-13(16-7-3-1-2-4-10-19)18-12-5-8-15-9-6-12/h5-6,8-9,19H,1-4,7,10H2,(H2,15,16,17,18). The van der Waals surface area contributed by atoms with Crippen molar-refractivity contribution in [2.24, 2.45) is 4.99 Å². The molecule has 3 N–H and O–H groups in total. The van der Waals surface area contributed by atoms with Crippen LogP contribution < -0.4 is 10.6 Å². The lowest BCUT2D eigenvalue weighted by Crippen LogP contribution is -2.34. The number of rotatable bonds is 7. The topological polar surface area (TPSA) is 93.3 Å². The number of aliphatic imine (C=N–C) groups is 1. The van der Waals surface area contributed by atoms with Crippen molar-refractivity contribution < 1.29 is 5.11 Å². The van der Waals surface area contributed by atoms with Crippen LogP contribution >= 0.6 is 0 Å². The van der Waals surface area contributed by atoms with Crippen molar-refractivity contribution in [3.05, 3.63) is 24.5 Å². The van der Waals surface area contributed by atoms with Crippen molar-refractivity contribution >= 4 is 11.6 Å². The number of hydrogen-bond donors (Lipinski definition) is 3. The Morgan fingerprint density at radius 3 is 2.68 bits per heavy atom. The summed E-state index contributed by atoms with van der Waals surface area (Å²) >= 11 is 0. The second-order valence-electron chi connectivity index (χ2n) is 3.97. The van der Waals surface area contributed by atoms with Gasteiger partial charge >= 0.3 is 0 Å². The zero-order chi connectivity index (χ0) is 13.8. The average molecular weight is 261 g/mol. The first-order valence-corrected chi connectivity index (χ1v) is 6.35. The fraction of sp³-hybridized carbons (Fsp3) is 0.462. The van der Waals surface area contributed by atoms with Gasteiger partial charge in [-0.3, -0.25) is 10.3 Å². The molecule has 0 bridgehead atoms. The van der Waals surface area contributed by atoms with E-state index in [4.69, 9.17) is 10.4 Å². The van der Waals surface area contributed by atoms with E-state index in [0.29, 0.717) is 5.96 Å². The van der Waals surface area contributed by atoms with Gasteiger partial charge in [-0.15, -0.1) is 0 Å². The Kier molecular flexibility index (Phi) is 7.74. The molecular weight excluding hydrogens is 242 g/mol. The van der Waals surface area contributed by atoms with Crippen molar-refractivity contribution in [3.8, 4) is 6.19 Å². The molecule has 0 spiro atoms. The molecule has 0 aliphatic carbocycles. The number of nitriles is 1. The molecule has 6 nitrogen and oxygen atoms in total. The molecular formula is C13H19N5O. The highest BCUT2D eigenvalue weighted by Crippen LogP contribution is 2.07. The fourth-order valence-electron chi connectivity index (χ4n) is 1.51. The lowest BCUT2D eigenvalue weighted by molar-refractivity contribution is 0.282. The van der Waals surface area contributed by atoms with Crippen LogP contribution in [-0.4, -0.2) is 29.2 Å². The summed E-state index contributed by atoms with van der Waals surface area (Å²) in [5.41, 5.74) is 0.737. The van der Waals surface area contributed by atoms with E-state index < -0.39 is 0 Å². The molecule has 102 valence electrons. The zero-order valence-electron chi connectivity index (χ0n) is 10.8. The van der Waals surface area contributed by atoms with Gasteiger partial charge < -0.3 is 10.4 Å². The van der Waals surface area contributed by atoms with Crippen LogP contribution in [0.1, 0.15) is 25.7 Å². The Balaban J connectivity index is 2.37. The molecule has 1 aromatic rings. The summed E-state index contributed by atoms with van der Waals surface area (Å²) in [5.74, 6) is 0.441. The Bertz CT molecular complexity index is 413. The molecule has 0 fully saturated rings. The minimum atomic E-state index is 0.248. The van der Waals surface area contributed by atoms with Gasteiger partial charge in [-0.1, -0.05) is 12.8 Å². The van der Waals surface area contributed by atoms with E-state index in [1.54, 1.807) is 24.5 Å². The van der Waals surface area contributed by atoms with Gasteiger partial charge in [-0.05, 0) is 25.0 Å². The minimum absolute atomic E-state index is 0.248. The second-order valence-corrected chi connectivity index (χ2v) is 3.97. The van der Waals surface area contributed by atoms with Crippen LogP contribution in [0.3, 0.4) is 0 Å². The fourth-order valence-corrected chi connectivity index (χ4v) is 1.51. The summed E-state index contributed by atoms with van der Waals surface area (Å²) in [6.07, 6.45) is 9.03. The van der Waals surface area contributed by atoms with Crippen LogP contribution in [0.25, 0.3) is 0 Å². The van der Waals surface area contributed by atoms with Gasteiger partial charge in [-0.25, -0.2) is 4.99 Å². The largest absolute Gasteiger partial charge is 0.396 e. The predicted molar refractivity (Wildman–Crippen MR) is 73.6 cm³/mol. The van der Waals surface area contributed by atoms with Crippen LogP contribution in [-0.2, 0) is 0 Å². The highest BCUT2D eigenvalue weighted by atomic mass is 16.2. The lowest BCUT2D eigenvalue weighted by Gasteiger charge is -2.07. The smallest absolute Gasteiger partial charge is 0.209 e. The first-order chi connectivity index (χ1) is 9.36. The third-order valence-electron chi connectivity index (χ3n) is 2.46. The molecule has 0 atom stereocenters. The SMILES string of the molecule is N#CNC(=Nc1ccncc1)NCCCCCCO. The molecule has 0 amide bonds. The number of hydrogen-bond acceptors (Lipinski definition) is 4. The van der Waals surface area contributed by atoms with Crippen molar-refractivity contribution in [1.82, 2.24) is 15.6 Å². The number of nitrogens with zero attached hydrogens (tertiary/aromatic N) is 3. The highest BCUT2D eigenvalue weighted by molar-refractivity contribution is 5.83. The van der Waals surface area contributed by atoms with Crippen LogP contribution in [0.4, 0.5) is 5.69 Å². The van der Waals surface area contributed by atoms with E-state index in [-0.39, 0.29) is 6.61 Å². The lowest BCUT2D eigenvalue weighted by atomic mass is 10.2. The number of unbranched alkanes of at least 4 members (excludes halogenated alkanes) is 3. The Labute approximate surface area is 113 Å². The van der Waals surface area contributed by atoms with Crippen LogP contribution in [0.5, 0.6) is 0 Å². The molecule has 0 saturated heterocycles. The quantitative estimate of drug-likeness (QED) is 0.226. The Morgan fingerprint density at radius 1 is 1.26 bits per heavy atom. The van der Waals surface area contributed by atoms with Crippen molar-refractivity contribution in [2.75, 3.05) is 13.2 Å². The maximum Gasteiger partial charge on any atom is 0.209 e. The molecule has 1 rings (SSSR count). The Morgan fingerprint density at radius 2 is 2.00 bits per heavy atom.